The standard InChI is InChI=1S/C14H7Cl2F4NOS/c15-7-2-1-3-11(12(7)23-14(19)20)21-13(22)6-4-9(17)10(18)5-8(6)16/h1-5,14H,(H,21,22). The van der Waals surface area contributed by atoms with Crippen LogP contribution in [0.25, 0.3) is 0 Å². The zero-order valence-corrected chi connectivity index (χ0v) is 13.4. The van der Waals surface area contributed by atoms with Crippen LogP contribution in [0.1, 0.15) is 10.4 Å². The molecule has 2 aromatic rings. The number of alkyl halides is 2. The van der Waals surface area contributed by atoms with E-state index in [2.05, 4.69) is 5.32 Å². The van der Waals surface area contributed by atoms with Crippen molar-refractivity contribution >= 4 is 46.6 Å². The number of carbonyl (C=O) groups excluding carboxylic acids is 1. The lowest BCUT2D eigenvalue weighted by molar-refractivity contribution is 0.102. The molecule has 0 radical (unpaired) electrons. The van der Waals surface area contributed by atoms with Gasteiger partial charge in [0.05, 0.1) is 26.2 Å². The minimum Gasteiger partial charge on any atom is -0.321 e. The van der Waals surface area contributed by atoms with Crippen LogP contribution in [-0.2, 0) is 0 Å². The van der Waals surface area contributed by atoms with Crippen molar-refractivity contribution in [2.45, 2.75) is 10.7 Å². The van der Waals surface area contributed by atoms with E-state index in [1.807, 2.05) is 0 Å². The molecule has 2 aromatic carbocycles. The Hall–Kier alpha value is -1.44. The number of hydrogen-bond donors (Lipinski definition) is 1. The molecule has 122 valence electrons. The van der Waals surface area contributed by atoms with Crippen LogP contribution in [0.4, 0.5) is 23.2 Å². The highest BCUT2D eigenvalue weighted by molar-refractivity contribution is 7.99. The van der Waals surface area contributed by atoms with Gasteiger partial charge in [0.1, 0.15) is 0 Å². The topological polar surface area (TPSA) is 29.1 Å². The molecule has 0 atom stereocenters. The van der Waals surface area contributed by atoms with Crippen LogP contribution in [0.2, 0.25) is 10.0 Å². The lowest BCUT2D eigenvalue weighted by Crippen LogP contribution is -2.14. The van der Waals surface area contributed by atoms with Crippen molar-refractivity contribution in [2.24, 2.45) is 0 Å². The molecule has 0 aliphatic rings. The first-order valence-corrected chi connectivity index (χ1v) is 7.62. The van der Waals surface area contributed by atoms with Gasteiger partial charge in [-0.2, -0.15) is 8.78 Å². The van der Waals surface area contributed by atoms with Gasteiger partial charge in [0.25, 0.3) is 11.7 Å². The molecule has 0 bridgehead atoms. The van der Waals surface area contributed by atoms with Crippen LogP contribution in [-0.4, -0.2) is 11.7 Å². The SMILES string of the molecule is O=C(Nc1cccc(Cl)c1SC(F)F)c1cc(F)c(F)cc1Cl. The number of rotatable bonds is 4. The maximum Gasteiger partial charge on any atom is 0.289 e. The maximum absolute atomic E-state index is 13.2. The van der Waals surface area contributed by atoms with E-state index < -0.39 is 23.3 Å². The van der Waals surface area contributed by atoms with Crippen molar-refractivity contribution in [3.63, 3.8) is 0 Å². The fourth-order valence-electron chi connectivity index (χ4n) is 1.70. The fourth-order valence-corrected chi connectivity index (χ4v) is 2.85. The fraction of sp³-hybridized carbons (Fsp3) is 0.0714. The molecule has 0 aliphatic carbocycles. The van der Waals surface area contributed by atoms with Crippen molar-refractivity contribution in [3.05, 3.63) is 57.6 Å². The number of halogens is 6. The Morgan fingerprint density at radius 3 is 2.39 bits per heavy atom. The summed E-state index contributed by atoms with van der Waals surface area (Å²) in [6, 6.07) is 5.45. The maximum atomic E-state index is 13.2. The number of hydrogen-bond acceptors (Lipinski definition) is 2. The summed E-state index contributed by atoms with van der Waals surface area (Å²) in [5.74, 6) is -6.10. The Morgan fingerprint density at radius 1 is 1.09 bits per heavy atom. The monoisotopic (exact) mass is 383 g/mol. The second-order valence-electron chi connectivity index (χ2n) is 4.20. The summed E-state index contributed by atoms with van der Waals surface area (Å²) in [5.41, 5.74) is -0.327. The molecule has 0 aromatic heterocycles. The molecule has 0 fully saturated rings. The first-order chi connectivity index (χ1) is 10.8. The van der Waals surface area contributed by atoms with Gasteiger partial charge in [-0.15, -0.1) is 0 Å². The Labute approximate surface area is 142 Å². The van der Waals surface area contributed by atoms with Crippen LogP contribution in [0.5, 0.6) is 0 Å². The molecule has 1 N–H and O–H groups in total. The second kappa shape index (κ2) is 7.42. The van der Waals surface area contributed by atoms with Crippen LogP contribution >= 0.6 is 35.0 Å². The molecular weight excluding hydrogens is 377 g/mol. The van der Waals surface area contributed by atoms with E-state index in [1.54, 1.807) is 0 Å². The van der Waals surface area contributed by atoms with E-state index >= 15 is 0 Å². The smallest absolute Gasteiger partial charge is 0.289 e. The number of carbonyl (C=O) groups is 1. The third-order valence-corrected chi connectivity index (χ3v) is 4.27. The van der Waals surface area contributed by atoms with Gasteiger partial charge < -0.3 is 5.32 Å². The predicted octanol–water partition coefficient (Wildman–Crippen LogP) is 5.84. The van der Waals surface area contributed by atoms with Gasteiger partial charge in [-0.25, -0.2) is 8.78 Å². The molecule has 0 saturated carbocycles. The average Bonchev–Trinajstić information content (AvgIpc) is 2.46. The van der Waals surface area contributed by atoms with Crippen LogP contribution in [0.3, 0.4) is 0 Å². The number of anilines is 1. The average molecular weight is 384 g/mol. The second-order valence-corrected chi connectivity index (χ2v) is 6.01. The van der Waals surface area contributed by atoms with E-state index in [4.69, 9.17) is 23.2 Å². The molecule has 9 heteroatoms. The minimum absolute atomic E-state index is 0.00796. The summed E-state index contributed by atoms with van der Waals surface area (Å²) < 4.78 is 51.4. The summed E-state index contributed by atoms with van der Waals surface area (Å²) >= 11 is 11.7. The Balaban J connectivity index is 2.34. The van der Waals surface area contributed by atoms with Gasteiger partial charge >= 0.3 is 0 Å². The zero-order valence-electron chi connectivity index (χ0n) is 11.0. The van der Waals surface area contributed by atoms with Crippen molar-refractivity contribution in [1.29, 1.82) is 0 Å². The summed E-state index contributed by atoms with van der Waals surface area (Å²) in [6.45, 7) is 0. The molecule has 0 saturated heterocycles. The van der Waals surface area contributed by atoms with E-state index in [0.29, 0.717) is 12.1 Å². The van der Waals surface area contributed by atoms with Gasteiger partial charge in [0, 0.05) is 0 Å². The highest BCUT2D eigenvalue weighted by atomic mass is 35.5. The van der Waals surface area contributed by atoms with Crippen LogP contribution in [0, 0.1) is 11.6 Å². The summed E-state index contributed by atoms with van der Waals surface area (Å²) in [4.78, 5) is 12.1. The predicted molar refractivity (Wildman–Crippen MR) is 82.6 cm³/mol. The van der Waals surface area contributed by atoms with E-state index in [1.165, 1.54) is 18.2 Å². The Morgan fingerprint density at radius 2 is 1.74 bits per heavy atom. The largest absolute Gasteiger partial charge is 0.321 e. The number of nitrogens with one attached hydrogen (secondary N) is 1. The highest BCUT2D eigenvalue weighted by Crippen LogP contribution is 2.38. The lowest BCUT2D eigenvalue weighted by atomic mass is 10.2. The molecule has 23 heavy (non-hydrogen) atoms. The minimum atomic E-state index is -2.75. The number of thioether (sulfide) groups is 1. The van der Waals surface area contributed by atoms with Crippen molar-refractivity contribution in [3.8, 4) is 0 Å². The van der Waals surface area contributed by atoms with Gasteiger partial charge in [-0.3, -0.25) is 4.79 Å². The summed E-state index contributed by atoms with van der Waals surface area (Å²) in [5, 5.41) is 2.01. The van der Waals surface area contributed by atoms with Gasteiger partial charge in [0.15, 0.2) is 11.6 Å². The molecule has 0 unspecified atom stereocenters. The molecule has 1 amide bonds. The number of amides is 1. The highest BCUT2D eigenvalue weighted by Gasteiger charge is 2.19. The Bertz CT molecular complexity index is 758. The molecule has 0 spiro atoms. The lowest BCUT2D eigenvalue weighted by Gasteiger charge is -2.12. The van der Waals surface area contributed by atoms with E-state index in [-0.39, 0.29) is 38.0 Å². The Kier molecular flexibility index (Phi) is 5.78. The molecule has 0 aliphatic heterocycles. The zero-order chi connectivity index (χ0) is 17.1. The third kappa shape index (κ3) is 4.31. The normalized spacial score (nSPS) is 10.9. The van der Waals surface area contributed by atoms with Gasteiger partial charge in [-0.1, -0.05) is 41.0 Å². The molecular formula is C14H7Cl2F4NOS. The van der Waals surface area contributed by atoms with Crippen LogP contribution in [0.15, 0.2) is 35.2 Å². The summed E-state index contributed by atoms with van der Waals surface area (Å²) in [6.07, 6.45) is 0. The first kappa shape index (κ1) is 17.9. The van der Waals surface area contributed by atoms with Crippen molar-refractivity contribution < 1.29 is 22.4 Å². The van der Waals surface area contributed by atoms with E-state index in [9.17, 15) is 22.4 Å². The molecule has 2 rings (SSSR count). The number of benzene rings is 2. The van der Waals surface area contributed by atoms with Gasteiger partial charge in [0.2, 0.25) is 0 Å². The van der Waals surface area contributed by atoms with Crippen LogP contribution < -0.4 is 5.32 Å². The molecule has 2 nitrogen and oxygen atoms in total. The molecule has 0 heterocycles. The van der Waals surface area contributed by atoms with Gasteiger partial charge in [-0.05, 0) is 24.3 Å². The van der Waals surface area contributed by atoms with Crippen molar-refractivity contribution in [2.75, 3.05) is 5.32 Å². The summed E-state index contributed by atoms with van der Waals surface area (Å²) in [7, 11) is 0. The quantitative estimate of drug-likeness (QED) is 0.408. The first-order valence-electron chi connectivity index (χ1n) is 5.99. The third-order valence-electron chi connectivity index (χ3n) is 2.68. The van der Waals surface area contributed by atoms with E-state index in [0.717, 1.165) is 0 Å². The van der Waals surface area contributed by atoms with Crippen molar-refractivity contribution in [1.82, 2.24) is 0 Å².